The van der Waals surface area contributed by atoms with Crippen LogP contribution in [0.4, 0.5) is 10.5 Å². The van der Waals surface area contributed by atoms with Crippen molar-refractivity contribution >= 4 is 23.3 Å². The van der Waals surface area contributed by atoms with E-state index in [1.54, 1.807) is 6.07 Å². The summed E-state index contributed by atoms with van der Waals surface area (Å²) in [5.41, 5.74) is 6.05. The zero-order valence-corrected chi connectivity index (χ0v) is 17.9. The number of benzene rings is 3. The first-order chi connectivity index (χ1) is 15.1. The molecule has 31 heavy (non-hydrogen) atoms. The number of urea groups is 1. The molecule has 3 aromatic carbocycles. The van der Waals surface area contributed by atoms with E-state index in [-0.39, 0.29) is 12.1 Å². The van der Waals surface area contributed by atoms with Gasteiger partial charge in [0.25, 0.3) is 0 Å². The number of carbonyl (C=O) groups excluding carboxylic acids is 1. The minimum atomic E-state index is -0.246. The highest BCUT2D eigenvalue weighted by molar-refractivity contribution is 6.33. The molecular weight excluding hydrogens is 406 g/mol. The monoisotopic (exact) mass is 427 g/mol. The van der Waals surface area contributed by atoms with Crippen molar-refractivity contribution in [1.82, 2.24) is 9.47 Å². The Bertz CT molecular complexity index is 1260. The summed E-state index contributed by atoms with van der Waals surface area (Å²) in [5.74, 6) is 0. The van der Waals surface area contributed by atoms with E-state index < -0.39 is 0 Å². The van der Waals surface area contributed by atoms with Crippen LogP contribution in [0, 0.1) is 6.92 Å². The summed E-state index contributed by atoms with van der Waals surface area (Å²) in [7, 11) is 0. The fourth-order valence-corrected chi connectivity index (χ4v) is 4.46. The topological polar surface area (TPSA) is 37.3 Å². The summed E-state index contributed by atoms with van der Waals surface area (Å²) < 4.78 is 2.19. The van der Waals surface area contributed by atoms with Gasteiger partial charge in [-0.25, -0.2) is 4.79 Å². The number of carbonyl (C=O) groups is 1. The molecule has 1 atom stereocenters. The smallest absolute Gasteiger partial charge is 0.318 e. The third kappa shape index (κ3) is 3.60. The second-order valence-electron chi connectivity index (χ2n) is 7.79. The molecule has 1 aliphatic heterocycles. The van der Waals surface area contributed by atoms with Crippen LogP contribution in [0.2, 0.25) is 5.02 Å². The predicted molar refractivity (Wildman–Crippen MR) is 125 cm³/mol. The fraction of sp³-hybridized carbons (Fsp3) is 0.115. The van der Waals surface area contributed by atoms with Gasteiger partial charge in [-0.15, -0.1) is 0 Å². The van der Waals surface area contributed by atoms with Gasteiger partial charge in [0.2, 0.25) is 0 Å². The SMILES string of the molecule is Cc1cccc(C2c3cccn3-c3ccccc3CN2C(=O)Nc2ccccc2Cl)c1. The Labute approximate surface area is 186 Å². The van der Waals surface area contributed by atoms with Gasteiger partial charge in [0.15, 0.2) is 0 Å². The second-order valence-corrected chi connectivity index (χ2v) is 8.19. The van der Waals surface area contributed by atoms with E-state index in [4.69, 9.17) is 11.6 Å². The summed E-state index contributed by atoms with van der Waals surface area (Å²) >= 11 is 6.32. The van der Waals surface area contributed by atoms with Crippen molar-refractivity contribution < 1.29 is 4.79 Å². The first-order valence-electron chi connectivity index (χ1n) is 10.3. The number of aromatic nitrogens is 1. The number of rotatable bonds is 2. The van der Waals surface area contributed by atoms with Crippen LogP contribution in [0.1, 0.15) is 28.4 Å². The largest absolute Gasteiger partial charge is 0.323 e. The maximum absolute atomic E-state index is 13.6. The van der Waals surface area contributed by atoms with Crippen LogP contribution in [-0.4, -0.2) is 15.5 Å². The predicted octanol–water partition coefficient (Wildman–Crippen LogP) is 6.58. The van der Waals surface area contributed by atoms with E-state index in [1.807, 2.05) is 47.4 Å². The van der Waals surface area contributed by atoms with Gasteiger partial charge in [-0.05, 0) is 48.4 Å². The zero-order valence-electron chi connectivity index (χ0n) is 17.1. The highest BCUT2D eigenvalue weighted by atomic mass is 35.5. The molecule has 5 rings (SSSR count). The van der Waals surface area contributed by atoms with Gasteiger partial charge in [-0.3, -0.25) is 0 Å². The van der Waals surface area contributed by atoms with Crippen LogP contribution >= 0.6 is 11.6 Å². The van der Waals surface area contributed by atoms with Crippen LogP contribution in [0.25, 0.3) is 5.69 Å². The molecule has 0 saturated carbocycles. The molecule has 0 aliphatic carbocycles. The summed E-state index contributed by atoms with van der Waals surface area (Å²) in [4.78, 5) is 15.5. The summed E-state index contributed by atoms with van der Waals surface area (Å²) in [6.07, 6.45) is 2.06. The normalized spacial score (nSPS) is 15.0. The second kappa shape index (κ2) is 7.97. The Morgan fingerprint density at radius 1 is 0.968 bits per heavy atom. The number of fused-ring (bicyclic) bond motifs is 3. The molecule has 1 unspecified atom stereocenters. The van der Waals surface area contributed by atoms with E-state index in [2.05, 4.69) is 59.4 Å². The Hall–Kier alpha value is -3.50. The molecule has 0 fully saturated rings. The van der Waals surface area contributed by atoms with Gasteiger partial charge in [0.1, 0.15) is 0 Å². The minimum absolute atomic E-state index is 0.191. The van der Waals surface area contributed by atoms with Gasteiger partial charge in [0, 0.05) is 11.9 Å². The molecule has 4 aromatic rings. The number of hydrogen-bond acceptors (Lipinski definition) is 1. The highest BCUT2D eigenvalue weighted by Gasteiger charge is 2.33. The molecule has 154 valence electrons. The molecule has 0 saturated heterocycles. The number of hydrogen-bond donors (Lipinski definition) is 1. The van der Waals surface area contributed by atoms with Gasteiger partial charge in [-0.2, -0.15) is 0 Å². The number of aryl methyl sites for hydroxylation is 1. The van der Waals surface area contributed by atoms with E-state index in [0.717, 1.165) is 28.1 Å². The Kier molecular flexibility index (Phi) is 5.00. The lowest BCUT2D eigenvalue weighted by Crippen LogP contribution is -2.38. The maximum Gasteiger partial charge on any atom is 0.323 e. The maximum atomic E-state index is 13.6. The summed E-state index contributed by atoms with van der Waals surface area (Å²) in [5, 5.41) is 3.54. The number of nitrogens with one attached hydrogen (secondary N) is 1. The number of amides is 2. The molecular formula is C26H22ClN3O. The molecule has 4 nitrogen and oxygen atoms in total. The molecule has 2 amide bonds. The van der Waals surface area contributed by atoms with Crippen LogP contribution < -0.4 is 5.32 Å². The van der Waals surface area contributed by atoms with Crippen LogP contribution in [0.15, 0.2) is 91.1 Å². The van der Waals surface area contributed by atoms with Crippen molar-refractivity contribution in [3.05, 3.63) is 119 Å². The molecule has 1 N–H and O–H groups in total. The van der Waals surface area contributed by atoms with Gasteiger partial charge in [0.05, 0.1) is 29.0 Å². The third-order valence-corrected chi connectivity index (χ3v) is 6.03. The van der Waals surface area contributed by atoms with Gasteiger partial charge in [-0.1, -0.05) is 71.8 Å². The molecule has 5 heteroatoms. The van der Waals surface area contributed by atoms with E-state index in [0.29, 0.717) is 17.3 Å². The summed E-state index contributed by atoms with van der Waals surface area (Å²) in [6.45, 7) is 2.55. The highest BCUT2D eigenvalue weighted by Crippen LogP contribution is 2.37. The molecule has 0 spiro atoms. The average molecular weight is 428 g/mol. The molecule has 2 heterocycles. The number of para-hydroxylation sites is 2. The lowest BCUT2D eigenvalue weighted by atomic mass is 10.00. The fourth-order valence-electron chi connectivity index (χ4n) is 4.28. The average Bonchev–Trinajstić information content (AvgIpc) is 3.19. The van der Waals surface area contributed by atoms with Crippen LogP contribution in [0.3, 0.4) is 0 Å². The molecule has 0 bridgehead atoms. The summed E-state index contributed by atoms with van der Waals surface area (Å²) in [6, 6.07) is 27.6. The van der Waals surface area contributed by atoms with Crippen molar-refractivity contribution in [2.75, 3.05) is 5.32 Å². The van der Waals surface area contributed by atoms with E-state index in [1.165, 1.54) is 0 Å². The van der Waals surface area contributed by atoms with Crippen LogP contribution in [-0.2, 0) is 6.54 Å². The Morgan fingerprint density at radius 3 is 2.61 bits per heavy atom. The van der Waals surface area contributed by atoms with Crippen molar-refractivity contribution in [2.24, 2.45) is 0 Å². The van der Waals surface area contributed by atoms with Crippen LogP contribution in [0.5, 0.6) is 0 Å². The van der Waals surface area contributed by atoms with E-state index in [9.17, 15) is 4.79 Å². The Balaban J connectivity index is 1.65. The van der Waals surface area contributed by atoms with E-state index >= 15 is 0 Å². The number of nitrogens with zero attached hydrogens (tertiary/aromatic N) is 2. The van der Waals surface area contributed by atoms with Gasteiger partial charge >= 0.3 is 6.03 Å². The standard InChI is InChI=1S/C26H22ClN3O/c1-18-8-6-10-19(16-18)25-24-14-7-15-29(24)23-13-5-2-9-20(23)17-30(25)26(31)28-22-12-4-3-11-21(22)27/h2-16,25H,17H2,1H3,(H,28,31). The van der Waals surface area contributed by atoms with Crippen molar-refractivity contribution in [3.63, 3.8) is 0 Å². The molecule has 1 aromatic heterocycles. The first kappa shape index (κ1) is 19.5. The van der Waals surface area contributed by atoms with Crippen molar-refractivity contribution in [1.29, 1.82) is 0 Å². The Morgan fingerprint density at radius 2 is 1.77 bits per heavy atom. The molecule has 0 radical (unpaired) electrons. The minimum Gasteiger partial charge on any atom is -0.318 e. The third-order valence-electron chi connectivity index (χ3n) is 5.70. The molecule has 1 aliphatic rings. The van der Waals surface area contributed by atoms with Gasteiger partial charge < -0.3 is 14.8 Å². The quantitative estimate of drug-likeness (QED) is 0.385. The zero-order chi connectivity index (χ0) is 21.4. The lowest BCUT2D eigenvalue weighted by molar-refractivity contribution is 0.194. The number of halogens is 1. The van der Waals surface area contributed by atoms with Crippen molar-refractivity contribution in [3.8, 4) is 5.69 Å². The number of anilines is 1. The first-order valence-corrected chi connectivity index (χ1v) is 10.6. The van der Waals surface area contributed by atoms with Crippen molar-refractivity contribution in [2.45, 2.75) is 19.5 Å². The lowest BCUT2D eigenvalue weighted by Gasteiger charge is -2.31.